The molecule has 0 fully saturated rings. The number of nitrogens with zero attached hydrogens (tertiary/aromatic N) is 2. The molecule has 0 aliphatic heterocycles. The number of methoxy groups -OCH3 is 1. The molecule has 0 unspecified atom stereocenters. The van der Waals surface area contributed by atoms with E-state index in [4.69, 9.17) is 4.74 Å². The van der Waals surface area contributed by atoms with Crippen molar-refractivity contribution in [1.29, 1.82) is 0 Å². The average Bonchev–Trinajstić information content (AvgIpc) is 2.97. The molecule has 21 heavy (non-hydrogen) atoms. The minimum Gasteiger partial charge on any atom is -0.495 e. The molecule has 108 valence electrons. The van der Waals surface area contributed by atoms with Crippen molar-refractivity contribution in [3.8, 4) is 5.75 Å². The molecule has 1 amide bonds. The molecular formula is C14H13N3O3S. The molecule has 1 aromatic heterocycles. The quantitative estimate of drug-likeness (QED) is 0.677. The van der Waals surface area contributed by atoms with Crippen molar-refractivity contribution in [3.05, 3.63) is 40.9 Å². The normalized spacial score (nSPS) is 10.6. The van der Waals surface area contributed by atoms with Gasteiger partial charge >= 0.3 is 0 Å². The minimum absolute atomic E-state index is 0.197. The van der Waals surface area contributed by atoms with Crippen LogP contribution in [0.2, 0.25) is 0 Å². The minimum atomic E-state index is -0.234. The number of rotatable bonds is 5. The van der Waals surface area contributed by atoms with E-state index >= 15 is 0 Å². The Morgan fingerprint density at radius 2 is 2.19 bits per heavy atom. The van der Waals surface area contributed by atoms with E-state index in [1.165, 1.54) is 31.6 Å². The van der Waals surface area contributed by atoms with E-state index in [1.54, 1.807) is 29.7 Å². The van der Waals surface area contributed by atoms with Gasteiger partial charge < -0.3 is 10.1 Å². The largest absolute Gasteiger partial charge is 0.495 e. The Hall–Kier alpha value is -2.54. The number of aromatic nitrogens is 2. The van der Waals surface area contributed by atoms with Gasteiger partial charge in [0.1, 0.15) is 5.75 Å². The highest BCUT2D eigenvalue weighted by atomic mass is 32.1. The van der Waals surface area contributed by atoms with Crippen LogP contribution in [0, 0.1) is 0 Å². The number of carbonyl (C=O) groups is 2. The van der Waals surface area contributed by atoms with Gasteiger partial charge in [0, 0.05) is 17.9 Å². The Morgan fingerprint density at radius 1 is 1.38 bits per heavy atom. The monoisotopic (exact) mass is 303 g/mol. The maximum Gasteiger partial charge on any atom is 0.221 e. The number of carbonyl (C=O) groups excluding carboxylic acids is 2. The summed E-state index contributed by atoms with van der Waals surface area (Å²) in [6.07, 6.45) is 3.00. The molecule has 0 saturated carbocycles. The van der Waals surface area contributed by atoms with Gasteiger partial charge in [-0.3, -0.25) is 9.59 Å². The highest BCUT2D eigenvalue weighted by molar-refractivity contribution is 7.03. The van der Waals surface area contributed by atoms with Gasteiger partial charge in [0.15, 0.2) is 5.78 Å². The number of ether oxygens (including phenoxy) is 1. The summed E-state index contributed by atoms with van der Waals surface area (Å²) in [5.41, 5.74) is 1.53. The molecule has 0 aliphatic rings. The fourth-order valence-corrected chi connectivity index (χ4v) is 2.07. The zero-order chi connectivity index (χ0) is 15.2. The first-order valence-electron chi connectivity index (χ1n) is 6.05. The van der Waals surface area contributed by atoms with Gasteiger partial charge in [0.05, 0.1) is 18.5 Å². The molecule has 1 aromatic carbocycles. The standard InChI is InChI=1S/C14H13N3O3S/c1-9(18)15-12-7-10(3-6-14(12)20-2)13(19)5-4-11-8-21-17-16-11/h3-8H,1-2H3,(H,15,18). The Balaban J connectivity index is 2.23. The molecular weight excluding hydrogens is 290 g/mol. The van der Waals surface area contributed by atoms with E-state index in [0.717, 1.165) is 0 Å². The fraction of sp³-hybridized carbons (Fsp3) is 0.143. The van der Waals surface area contributed by atoms with Gasteiger partial charge in [-0.15, -0.1) is 5.10 Å². The zero-order valence-electron chi connectivity index (χ0n) is 11.5. The molecule has 0 saturated heterocycles. The SMILES string of the molecule is COc1ccc(C(=O)C=Cc2csnn2)cc1NC(C)=O. The molecule has 0 bridgehead atoms. The molecule has 6 nitrogen and oxygen atoms in total. The van der Waals surface area contributed by atoms with Crippen molar-refractivity contribution in [2.75, 3.05) is 12.4 Å². The predicted molar refractivity (Wildman–Crippen MR) is 80.6 cm³/mol. The zero-order valence-corrected chi connectivity index (χ0v) is 12.3. The summed E-state index contributed by atoms with van der Waals surface area (Å²) in [7, 11) is 1.50. The first-order chi connectivity index (χ1) is 10.1. The number of allylic oxidation sites excluding steroid dienone is 1. The molecule has 0 radical (unpaired) electrons. The average molecular weight is 303 g/mol. The number of hydrogen-bond acceptors (Lipinski definition) is 6. The second-order valence-electron chi connectivity index (χ2n) is 4.12. The fourth-order valence-electron chi connectivity index (χ4n) is 1.65. The Bertz CT molecular complexity index is 681. The van der Waals surface area contributed by atoms with Gasteiger partial charge in [-0.05, 0) is 41.9 Å². The van der Waals surface area contributed by atoms with E-state index in [9.17, 15) is 9.59 Å². The van der Waals surface area contributed by atoms with Crippen LogP contribution >= 0.6 is 11.5 Å². The summed E-state index contributed by atoms with van der Waals surface area (Å²) in [5.74, 6) is 0.0636. The van der Waals surface area contributed by atoms with E-state index in [0.29, 0.717) is 22.7 Å². The predicted octanol–water partition coefficient (Wildman–Crippen LogP) is 2.40. The highest BCUT2D eigenvalue weighted by Crippen LogP contribution is 2.25. The second kappa shape index (κ2) is 6.76. The summed E-state index contributed by atoms with van der Waals surface area (Å²) < 4.78 is 8.85. The van der Waals surface area contributed by atoms with E-state index in [2.05, 4.69) is 14.9 Å². The lowest BCUT2D eigenvalue weighted by Crippen LogP contribution is -2.08. The summed E-state index contributed by atoms with van der Waals surface area (Å²) in [6.45, 7) is 1.39. The number of anilines is 1. The molecule has 2 rings (SSSR count). The van der Waals surface area contributed by atoms with Crippen molar-refractivity contribution in [3.63, 3.8) is 0 Å². The molecule has 2 aromatic rings. The third kappa shape index (κ3) is 3.96. The Kier molecular flexibility index (Phi) is 4.78. The number of amides is 1. The lowest BCUT2D eigenvalue weighted by molar-refractivity contribution is -0.114. The molecule has 0 atom stereocenters. The maximum atomic E-state index is 12.1. The second-order valence-corrected chi connectivity index (χ2v) is 4.73. The van der Waals surface area contributed by atoms with E-state index < -0.39 is 0 Å². The van der Waals surface area contributed by atoms with Gasteiger partial charge in [-0.1, -0.05) is 4.49 Å². The topological polar surface area (TPSA) is 81.2 Å². The van der Waals surface area contributed by atoms with Crippen LogP contribution in [-0.2, 0) is 4.79 Å². The first kappa shape index (κ1) is 14.9. The van der Waals surface area contributed by atoms with Crippen molar-refractivity contribution in [2.24, 2.45) is 0 Å². The van der Waals surface area contributed by atoms with Crippen LogP contribution in [0.25, 0.3) is 6.08 Å². The third-order valence-corrected chi connectivity index (χ3v) is 3.10. The Labute approximate surface area is 125 Å². The van der Waals surface area contributed by atoms with Crippen LogP contribution < -0.4 is 10.1 Å². The third-order valence-electron chi connectivity index (χ3n) is 2.58. The van der Waals surface area contributed by atoms with E-state index in [-0.39, 0.29) is 11.7 Å². The van der Waals surface area contributed by atoms with Gasteiger partial charge in [0.25, 0.3) is 0 Å². The summed E-state index contributed by atoms with van der Waals surface area (Å²) in [6, 6.07) is 4.85. The highest BCUT2D eigenvalue weighted by Gasteiger charge is 2.09. The van der Waals surface area contributed by atoms with Gasteiger partial charge in [0.2, 0.25) is 5.91 Å². The lowest BCUT2D eigenvalue weighted by Gasteiger charge is -2.09. The van der Waals surface area contributed by atoms with Gasteiger partial charge in [-0.25, -0.2) is 0 Å². The van der Waals surface area contributed by atoms with Gasteiger partial charge in [-0.2, -0.15) is 0 Å². The van der Waals surface area contributed by atoms with E-state index in [1.807, 2.05) is 0 Å². The van der Waals surface area contributed by atoms with Crippen LogP contribution in [0.3, 0.4) is 0 Å². The molecule has 1 N–H and O–H groups in total. The molecule has 0 aliphatic carbocycles. The van der Waals surface area contributed by atoms with Crippen molar-refractivity contribution >= 4 is 35.0 Å². The summed E-state index contributed by atoms with van der Waals surface area (Å²) in [4.78, 5) is 23.3. The molecule has 0 spiro atoms. The van der Waals surface area contributed by atoms with Crippen molar-refractivity contribution in [1.82, 2.24) is 9.59 Å². The summed E-state index contributed by atoms with van der Waals surface area (Å²) >= 11 is 1.21. The first-order valence-corrected chi connectivity index (χ1v) is 6.89. The summed E-state index contributed by atoms with van der Waals surface area (Å²) in [5, 5.41) is 8.18. The maximum absolute atomic E-state index is 12.1. The Morgan fingerprint density at radius 3 is 2.81 bits per heavy atom. The van der Waals surface area contributed by atoms with Crippen LogP contribution in [0.4, 0.5) is 5.69 Å². The van der Waals surface area contributed by atoms with Crippen LogP contribution in [-0.4, -0.2) is 28.4 Å². The number of nitrogens with one attached hydrogen (secondary N) is 1. The lowest BCUT2D eigenvalue weighted by atomic mass is 10.1. The number of benzene rings is 1. The van der Waals surface area contributed by atoms with Crippen molar-refractivity contribution < 1.29 is 14.3 Å². The number of hydrogen-bond donors (Lipinski definition) is 1. The molecule has 1 heterocycles. The number of ketones is 1. The van der Waals surface area contributed by atoms with Crippen LogP contribution in [0.5, 0.6) is 5.75 Å². The smallest absolute Gasteiger partial charge is 0.221 e. The molecule has 7 heteroatoms. The van der Waals surface area contributed by atoms with Crippen LogP contribution in [0.1, 0.15) is 23.0 Å². The van der Waals surface area contributed by atoms with Crippen molar-refractivity contribution in [2.45, 2.75) is 6.92 Å². The van der Waals surface area contributed by atoms with Crippen LogP contribution in [0.15, 0.2) is 29.7 Å².